The Kier molecular flexibility index (Phi) is 8.40. The molecular weight excluding hydrogens is 365 g/mol. The van der Waals surface area contributed by atoms with Gasteiger partial charge in [-0.25, -0.2) is 14.4 Å². The summed E-state index contributed by atoms with van der Waals surface area (Å²) in [4.78, 5) is 12.8. The Morgan fingerprint density at radius 2 is 1.69 bits per heavy atom. The van der Waals surface area contributed by atoms with Gasteiger partial charge < -0.3 is 10.7 Å². The van der Waals surface area contributed by atoms with Crippen LogP contribution in [0, 0.1) is 18.2 Å². The number of unbranched alkanes of at least 4 members (excludes halogenated alkanes) is 2. The Hall–Kier alpha value is -3.15. The Labute approximate surface area is 172 Å². The zero-order valence-corrected chi connectivity index (χ0v) is 17.5. The van der Waals surface area contributed by atoms with Crippen LogP contribution >= 0.6 is 0 Å². The lowest BCUT2D eigenvalue weighted by Gasteiger charge is -2.14. The smallest absolute Gasteiger partial charge is 0.164 e. The first kappa shape index (κ1) is 22.1. The second-order valence-electron chi connectivity index (χ2n) is 6.68. The molecular formula is C23H28FN5. The van der Waals surface area contributed by atoms with E-state index in [1.165, 1.54) is 25.3 Å². The van der Waals surface area contributed by atoms with Crippen LogP contribution in [0.25, 0.3) is 11.4 Å². The van der Waals surface area contributed by atoms with Crippen molar-refractivity contribution in [3.8, 4) is 11.4 Å². The van der Waals surface area contributed by atoms with Crippen molar-refractivity contribution in [3.63, 3.8) is 0 Å². The summed E-state index contributed by atoms with van der Waals surface area (Å²) in [6, 6.07) is 9.96. The molecule has 0 unspecified atom stereocenters. The molecule has 0 atom stereocenters. The zero-order valence-electron chi connectivity index (χ0n) is 17.5. The summed E-state index contributed by atoms with van der Waals surface area (Å²) in [5.41, 5.74) is 2.67. The number of aromatic nitrogens is 3. The molecule has 0 aliphatic heterocycles. The number of halogens is 1. The van der Waals surface area contributed by atoms with Gasteiger partial charge in [-0.1, -0.05) is 45.2 Å². The van der Waals surface area contributed by atoms with E-state index in [4.69, 9.17) is 5.41 Å². The summed E-state index contributed by atoms with van der Waals surface area (Å²) in [6.07, 6.45) is 7.39. The number of anilines is 2. The minimum atomic E-state index is -0.383. The van der Waals surface area contributed by atoms with Crippen molar-refractivity contribution in [1.82, 2.24) is 15.0 Å². The van der Waals surface area contributed by atoms with E-state index in [0.29, 0.717) is 28.4 Å². The molecule has 0 bridgehead atoms. The summed E-state index contributed by atoms with van der Waals surface area (Å²) < 4.78 is 14.1. The molecule has 0 radical (unpaired) electrons. The van der Waals surface area contributed by atoms with Crippen molar-refractivity contribution >= 4 is 17.2 Å². The van der Waals surface area contributed by atoms with E-state index in [9.17, 15) is 4.39 Å². The van der Waals surface area contributed by atoms with Crippen LogP contribution in [-0.4, -0.2) is 20.7 Å². The lowest BCUT2D eigenvalue weighted by Crippen LogP contribution is -2.09. The van der Waals surface area contributed by atoms with Gasteiger partial charge in [-0.2, -0.15) is 0 Å². The molecule has 6 heteroatoms. The molecule has 0 saturated heterocycles. The number of nitrogens with zero attached hydrogens (tertiary/aromatic N) is 3. The molecule has 3 aromatic rings. The SMILES string of the molecule is CC(=N)c1c(C)nc(-c2ccccc2F)nc1Nc1ccncc1.CCCCC. The first-order valence-electron chi connectivity index (χ1n) is 9.84. The van der Waals surface area contributed by atoms with Gasteiger partial charge in [0.25, 0.3) is 0 Å². The fraction of sp³-hybridized carbons (Fsp3) is 0.304. The number of pyridine rings is 1. The number of hydrogen-bond donors (Lipinski definition) is 2. The second kappa shape index (κ2) is 11.0. The maximum atomic E-state index is 14.1. The fourth-order valence-electron chi connectivity index (χ4n) is 2.80. The van der Waals surface area contributed by atoms with Gasteiger partial charge in [-0.15, -0.1) is 0 Å². The predicted octanol–water partition coefficient (Wildman–Crippen LogP) is 6.31. The lowest BCUT2D eigenvalue weighted by atomic mass is 10.1. The Morgan fingerprint density at radius 1 is 1.03 bits per heavy atom. The quantitative estimate of drug-likeness (QED) is 0.481. The minimum Gasteiger partial charge on any atom is -0.339 e. The topological polar surface area (TPSA) is 74.6 Å². The van der Waals surface area contributed by atoms with Crippen molar-refractivity contribution in [1.29, 1.82) is 5.41 Å². The largest absolute Gasteiger partial charge is 0.339 e. The van der Waals surface area contributed by atoms with E-state index in [0.717, 1.165) is 5.69 Å². The number of benzene rings is 1. The average molecular weight is 394 g/mol. The van der Waals surface area contributed by atoms with E-state index in [-0.39, 0.29) is 11.6 Å². The van der Waals surface area contributed by atoms with Crippen LogP contribution in [0.4, 0.5) is 15.9 Å². The van der Waals surface area contributed by atoms with Gasteiger partial charge in [0.15, 0.2) is 5.82 Å². The molecule has 0 saturated carbocycles. The molecule has 29 heavy (non-hydrogen) atoms. The van der Waals surface area contributed by atoms with Crippen molar-refractivity contribution < 1.29 is 4.39 Å². The van der Waals surface area contributed by atoms with Crippen LogP contribution < -0.4 is 5.32 Å². The summed E-state index contributed by atoms with van der Waals surface area (Å²) in [5, 5.41) is 11.2. The summed E-state index contributed by atoms with van der Waals surface area (Å²) in [6.45, 7) is 7.89. The van der Waals surface area contributed by atoms with Crippen LogP contribution in [0.2, 0.25) is 0 Å². The number of nitrogens with one attached hydrogen (secondary N) is 2. The molecule has 0 amide bonds. The zero-order chi connectivity index (χ0) is 21.2. The molecule has 3 rings (SSSR count). The maximum Gasteiger partial charge on any atom is 0.164 e. The van der Waals surface area contributed by atoms with E-state index >= 15 is 0 Å². The molecule has 2 N–H and O–H groups in total. The van der Waals surface area contributed by atoms with Gasteiger partial charge in [-0.05, 0) is 38.1 Å². The predicted molar refractivity (Wildman–Crippen MR) is 117 cm³/mol. The third-order valence-corrected chi connectivity index (χ3v) is 4.23. The summed E-state index contributed by atoms with van der Waals surface area (Å²) >= 11 is 0. The second-order valence-corrected chi connectivity index (χ2v) is 6.68. The number of aryl methyl sites for hydroxylation is 1. The van der Waals surface area contributed by atoms with Crippen molar-refractivity contribution in [3.05, 3.63) is 65.9 Å². The van der Waals surface area contributed by atoms with E-state index in [2.05, 4.69) is 34.1 Å². The van der Waals surface area contributed by atoms with Gasteiger partial charge in [0.2, 0.25) is 0 Å². The molecule has 1 aromatic carbocycles. The number of rotatable bonds is 6. The van der Waals surface area contributed by atoms with Gasteiger partial charge in [0.05, 0.1) is 16.8 Å². The Balaban J connectivity index is 0.000000537. The van der Waals surface area contributed by atoms with Crippen LogP contribution in [0.1, 0.15) is 51.3 Å². The van der Waals surface area contributed by atoms with E-state index < -0.39 is 0 Å². The van der Waals surface area contributed by atoms with Crippen LogP contribution in [0.15, 0.2) is 48.8 Å². The highest BCUT2D eigenvalue weighted by Gasteiger charge is 2.16. The third kappa shape index (κ3) is 6.17. The molecule has 0 spiro atoms. The van der Waals surface area contributed by atoms with Crippen molar-refractivity contribution in [2.24, 2.45) is 0 Å². The normalized spacial score (nSPS) is 10.1. The van der Waals surface area contributed by atoms with Crippen LogP contribution in [-0.2, 0) is 0 Å². The number of hydrogen-bond acceptors (Lipinski definition) is 5. The maximum absolute atomic E-state index is 14.1. The van der Waals surface area contributed by atoms with Crippen LogP contribution in [0.3, 0.4) is 0 Å². The molecule has 0 aliphatic carbocycles. The first-order valence-corrected chi connectivity index (χ1v) is 9.84. The molecule has 0 aliphatic rings. The highest BCUT2D eigenvalue weighted by Crippen LogP contribution is 2.26. The minimum absolute atomic E-state index is 0.284. The monoisotopic (exact) mass is 393 g/mol. The van der Waals surface area contributed by atoms with Crippen LogP contribution in [0.5, 0.6) is 0 Å². The molecule has 5 nitrogen and oxygen atoms in total. The van der Waals surface area contributed by atoms with Crippen molar-refractivity contribution in [2.75, 3.05) is 5.32 Å². The molecule has 152 valence electrons. The third-order valence-electron chi connectivity index (χ3n) is 4.23. The molecule has 2 heterocycles. The Morgan fingerprint density at radius 3 is 2.24 bits per heavy atom. The summed E-state index contributed by atoms with van der Waals surface area (Å²) in [5.74, 6) is 0.373. The molecule has 0 fully saturated rings. The van der Waals surface area contributed by atoms with E-state index in [1.807, 2.05) is 0 Å². The standard InChI is InChI=1S/C18H16FN5.C5H12/c1-11(20)16-12(2)22-17(14-5-3-4-6-15(14)19)24-18(16)23-13-7-9-21-10-8-13;1-3-5-4-2/h3-10,20H,1-2H3,(H,21,22,23,24);3-5H2,1-2H3. The lowest BCUT2D eigenvalue weighted by molar-refractivity contribution is 0.630. The highest BCUT2D eigenvalue weighted by atomic mass is 19.1. The van der Waals surface area contributed by atoms with Gasteiger partial charge in [0.1, 0.15) is 11.6 Å². The first-order chi connectivity index (χ1) is 14.0. The molecule has 2 aromatic heterocycles. The van der Waals surface area contributed by atoms with Gasteiger partial charge in [0, 0.05) is 23.8 Å². The average Bonchev–Trinajstić information content (AvgIpc) is 2.69. The van der Waals surface area contributed by atoms with Crippen molar-refractivity contribution in [2.45, 2.75) is 47.0 Å². The fourth-order valence-corrected chi connectivity index (χ4v) is 2.80. The van der Waals surface area contributed by atoms with Gasteiger partial charge >= 0.3 is 0 Å². The Bertz CT molecular complexity index is 939. The highest BCUT2D eigenvalue weighted by molar-refractivity contribution is 6.02. The summed E-state index contributed by atoms with van der Waals surface area (Å²) in [7, 11) is 0. The van der Waals surface area contributed by atoms with E-state index in [1.54, 1.807) is 56.6 Å². The van der Waals surface area contributed by atoms with Gasteiger partial charge in [-0.3, -0.25) is 4.98 Å².